The Morgan fingerprint density at radius 2 is 1.93 bits per heavy atom. The number of unbranched alkanes of at least 4 members (excludes halogenated alkanes) is 2. The van der Waals surface area contributed by atoms with Gasteiger partial charge >= 0.3 is 0 Å². The van der Waals surface area contributed by atoms with E-state index in [0.29, 0.717) is 12.1 Å². The molecule has 0 saturated carbocycles. The Morgan fingerprint density at radius 1 is 1.11 bits per heavy atom. The third-order valence-corrected chi connectivity index (χ3v) is 6.17. The summed E-state index contributed by atoms with van der Waals surface area (Å²) in [5.74, 6) is -0.106. The first kappa shape index (κ1) is 23.6. The van der Waals surface area contributed by atoms with Crippen molar-refractivity contribution in [1.29, 1.82) is 0 Å². The van der Waals surface area contributed by atoms with E-state index in [1.54, 1.807) is 23.5 Å². The average molecular weight is 432 g/mol. The van der Waals surface area contributed by atoms with Crippen molar-refractivity contribution in [1.82, 2.24) is 4.72 Å². The molecule has 0 fully saturated rings. The van der Waals surface area contributed by atoms with E-state index in [1.165, 1.54) is 17.0 Å². The molecule has 1 aromatic heterocycles. The highest BCUT2D eigenvalue weighted by Gasteiger charge is 2.14. The van der Waals surface area contributed by atoms with Gasteiger partial charge in [-0.15, -0.1) is 23.7 Å². The van der Waals surface area contributed by atoms with Crippen molar-refractivity contribution >= 4 is 45.4 Å². The maximum Gasteiger partial charge on any atom is 0.240 e. The maximum absolute atomic E-state index is 12.1. The molecule has 2 aromatic rings. The molecular weight excluding hydrogens is 406 g/mol. The summed E-state index contributed by atoms with van der Waals surface area (Å²) in [5, 5.41) is 4.83. The van der Waals surface area contributed by atoms with Crippen LogP contribution in [0.4, 0.5) is 5.69 Å². The van der Waals surface area contributed by atoms with Gasteiger partial charge in [0.05, 0.1) is 4.90 Å². The summed E-state index contributed by atoms with van der Waals surface area (Å²) < 4.78 is 26.6. The van der Waals surface area contributed by atoms with Gasteiger partial charge in [0, 0.05) is 30.1 Å². The molecule has 27 heavy (non-hydrogen) atoms. The molecule has 6 nitrogen and oxygen atoms in total. The summed E-state index contributed by atoms with van der Waals surface area (Å²) >= 11 is 1.76. The normalized spacial score (nSPS) is 11.0. The summed E-state index contributed by atoms with van der Waals surface area (Å²) in [5.41, 5.74) is 5.80. The van der Waals surface area contributed by atoms with Gasteiger partial charge in [0.1, 0.15) is 0 Å². The molecule has 1 amide bonds. The van der Waals surface area contributed by atoms with Crippen LogP contribution in [0.15, 0.2) is 46.7 Å². The van der Waals surface area contributed by atoms with Gasteiger partial charge in [0.25, 0.3) is 0 Å². The quantitative estimate of drug-likeness (QED) is 0.475. The number of thiophene rings is 1. The lowest BCUT2D eigenvalue weighted by Crippen LogP contribution is -2.29. The number of halogens is 1. The number of carbonyl (C=O) groups excluding carboxylic acids is 1. The fraction of sp³-hybridized carbons (Fsp3) is 0.389. The van der Waals surface area contributed by atoms with Crippen LogP contribution in [0.1, 0.15) is 30.6 Å². The fourth-order valence-electron chi connectivity index (χ4n) is 2.46. The van der Waals surface area contributed by atoms with Crippen molar-refractivity contribution < 1.29 is 13.2 Å². The van der Waals surface area contributed by atoms with Gasteiger partial charge in [-0.3, -0.25) is 4.79 Å². The zero-order chi connectivity index (χ0) is 18.8. The van der Waals surface area contributed by atoms with E-state index < -0.39 is 10.0 Å². The topological polar surface area (TPSA) is 101 Å². The molecule has 0 saturated heterocycles. The SMILES string of the molecule is Cl.NCCNS(=O)(=O)c1cccc(NC(=O)CCCCCc2cccs2)c1. The van der Waals surface area contributed by atoms with Gasteiger partial charge in [-0.1, -0.05) is 18.6 Å². The maximum atomic E-state index is 12.1. The predicted molar refractivity (Wildman–Crippen MR) is 113 cm³/mol. The van der Waals surface area contributed by atoms with Gasteiger partial charge < -0.3 is 11.1 Å². The van der Waals surface area contributed by atoms with Gasteiger partial charge in [0.15, 0.2) is 0 Å². The Hall–Kier alpha value is -1.45. The Morgan fingerprint density at radius 3 is 2.63 bits per heavy atom. The molecule has 9 heteroatoms. The molecule has 1 aromatic carbocycles. The number of hydrogen-bond donors (Lipinski definition) is 3. The Balaban J connectivity index is 0.00000364. The number of amides is 1. The molecule has 0 bridgehead atoms. The van der Waals surface area contributed by atoms with Crippen LogP contribution in [-0.4, -0.2) is 27.4 Å². The number of anilines is 1. The predicted octanol–water partition coefficient (Wildman–Crippen LogP) is 3.15. The molecule has 4 N–H and O–H groups in total. The van der Waals surface area contributed by atoms with E-state index in [4.69, 9.17) is 5.73 Å². The molecule has 0 atom stereocenters. The van der Waals surface area contributed by atoms with Crippen molar-refractivity contribution in [3.63, 3.8) is 0 Å². The molecule has 0 unspecified atom stereocenters. The lowest BCUT2D eigenvalue weighted by molar-refractivity contribution is -0.116. The van der Waals surface area contributed by atoms with Gasteiger partial charge in [-0.2, -0.15) is 0 Å². The molecular formula is C18H26ClN3O3S2. The van der Waals surface area contributed by atoms with Crippen molar-refractivity contribution in [3.05, 3.63) is 46.7 Å². The second kappa shape index (κ2) is 12.1. The van der Waals surface area contributed by atoms with Gasteiger partial charge in [0.2, 0.25) is 15.9 Å². The highest BCUT2D eigenvalue weighted by molar-refractivity contribution is 7.89. The number of aryl methyl sites for hydroxylation is 1. The lowest BCUT2D eigenvalue weighted by atomic mass is 10.1. The molecule has 150 valence electrons. The van der Waals surface area contributed by atoms with E-state index >= 15 is 0 Å². The summed E-state index contributed by atoms with van der Waals surface area (Å²) in [6.07, 6.45) is 4.34. The number of carbonyl (C=O) groups is 1. The Kier molecular flexibility index (Phi) is 10.6. The smallest absolute Gasteiger partial charge is 0.240 e. The molecule has 0 spiro atoms. The van der Waals surface area contributed by atoms with Crippen LogP contribution in [-0.2, 0) is 21.2 Å². The molecule has 1 heterocycles. The van der Waals surface area contributed by atoms with Crippen molar-refractivity contribution in [2.45, 2.75) is 37.0 Å². The molecule has 0 aliphatic carbocycles. The fourth-order valence-corrected chi connectivity index (χ4v) is 4.30. The van der Waals surface area contributed by atoms with Crippen LogP contribution in [0.5, 0.6) is 0 Å². The zero-order valence-corrected chi connectivity index (χ0v) is 17.5. The number of nitrogens with two attached hydrogens (primary N) is 1. The van der Waals surface area contributed by atoms with E-state index in [-0.39, 0.29) is 36.3 Å². The highest BCUT2D eigenvalue weighted by atomic mass is 35.5. The van der Waals surface area contributed by atoms with Crippen LogP contribution in [0.2, 0.25) is 0 Å². The highest BCUT2D eigenvalue weighted by Crippen LogP contribution is 2.16. The standard InChI is InChI=1S/C18H25N3O3S2.ClH/c19-11-12-20-26(23,24)17-9-4-6-15(14-17)21-18(22)10-3-1-2-7-16-8-5-13-25-16;/h4-6,8-9,13-14,20H,1-3,7,10-12,19H2,(H,21,22);1H. The second-order valence-corrected chi connectivity index (χ2v) is 8.70. The number of benzene rings is 1. The number of nitrogens with one attached hydrogen (secondary N) is 2. The second-order valence-electron chi connectivity index (χ2n) is 5.90. The largest absolute Gasteiger partial charge is 0.329 e. The first-order valence-electron chi connectivity index (χ1n) is 8.63. The van der Waals surface area contributed by atoms with Crippen LogP contribution in [0.3, 0.4) is 0 Å². The molecule has 0 radical (unpaired) electrons. The lowest BCUT2D eigenvalue weighted by Gasteiger charge is -2.09. The van der Waals surface area contributed by atoms with Crippen molar-refractivity contribution in [2.75, 3.05) is 18.4 Å². The van der Waals surface area contributed by atoms with Crippen molar-refractivity contribution in [2.24, 2.45) is 5.73 Å². The van der Waals surface area contributed by atoms with Crippen molar-refractivity contribution in [3.8, 4) is 0 Å². The monoisotopic (exact) mass is 431 g/mol. The molecule has 2 rings (SSSR count). The minimum absolute atomic E-state index is 0. The average Bonchev–Trinajstić information content (AvgIpc) is 3.13. The minimum Gasteiger partial charge on any atom is -0.329 e. The van der Waals surface area contributed by atoms with E-state index in [1.807, 2.05) is 6.07 Å². The van der Waals surface area contributed by atoms with E-state index in [2.05, 4.69) is 21.5 Å². The Bertz CT molecular complexity index is 796. The molecule has 0 aliphatic rings. The number of sulfonamides is 1. The summed E-state index contributed by atoms with van der Waals surface area (Å²) in [4.78, 5) is 13.5. The van der Waals surface area contributed by atoms with Crippen LogP contribution >= 0.6 is 23.7 Å². The van der Waals surface area contributed by atoms with Gasteiger partial charge in [-0.05, 0) is 48.9 Å². The van der Waals surface area contributed by atoms with E-state index in [0.717, 1.165) is 25.7 Å². The minimum atomic E-state index is -3.61. The molecule has 0 aliphatic heterocycles. The summed E-state index contributed by atoms with van der Waals surface area (Å²) in [6.45, 7) is 0.395. The number of hydrogen-bond acceptors (Lipinski definition) is 5. The number of rotatable bonds is 11. The summed E-state index contributed by atoms with van der Waals surface area (Å²) in [6, 6.07) is 10.4. The van der Waals surface area contributed by atoms with Crippen LogP contribution in [0.25, 0.3) is 0 Å². The van der Waals surface area contributed by atoms with Crippen LogP contribution in [0, 0.1) is 0 Å². The van der Waals surface area contributed by atoms with Crippen LogP contribution < -0.4 is 15.8 Å². The Labute approximate surface area is 171 Å². The van der Waals surface area contributed by atoms with E-state index in [9.17, 15) is 13.2 Å². The zero-order valence-electron chi connectivity index (χ0n) is 15.0. The third-order valence-electron chi connectivity index (χ3n) is 3.77. The van der Waals surface area contributed by atoms with Gasteiger partial charge in [-0.25, -0.2) is 13.1 Å². The first-order chi connectivity index (χ1) is 12.5. The summed E-state index contributed by atoms with van der Waals surface area (Å²) in [7, 11) is -3.61. The third kappa shape index (κ3) is 8.40. The first-order valence-corrected chi connectivity index (χ1v) is 11.0.